The minimum Gasteiger partial charge on any atom is -0.337 e. The predicted molar refractivity (Wildman–Crippen MR) is 89.4 cm³/mol. The van der Waals surface area contributed by atoms with Gasteiger partial charge in [0, 0.05) is 21.6 Å². The largest absolute Gasteiger partial charge is 0.337 e. The van der Waals surface area contributed by atoms with Gasteiger partial charge in [-0.05, 0) is 30.3 Å². The van der Waals surface area contributed by atoms with Crippen LogP contribution in [0.5, 0.6) is 0 Å². The van der Waals surface area contributed by atoms with Crippen LogP contribution >= 0.6 is 15.9 Å². The fraction of sp³-hybridized carbons (Fsp3) is 0.0588. The molecule has 0 spiro atoms. The Bertz CT molecular complexity index is 943. The molecule has 0 aliphatic rings. The minimum absolute atomic E-state index is 0.00581. The highest BCUT2D eigenvalue weighted by atomic mass is 79.9. The van der Waals surface area contributed by atoms with E-state index >= 15 is 0 Å². The second-order valence-corrected chi connectivity index (χ2v) is 5.89. The molecule has 4 nitrogen and oxygen atoms in total. The maximum Gasteiger partial charge on any atom is 0.244 e. The molecular weight excluding hydrogens is 361 g/mol. The van der Waals surface area contributed by atoms with Crippen LogP contribution in [0, 0.1) is 17.1 Å². The van der Waals surface area contributed by atoms with Crippen LogP contribution in [-0.4, -0.2) is 10.5 Å². The molecule has 0 radical (unpaired) electrons. The van der Waals surface area contributed by atoms with Crippen molar-refractivity contribution in [2.24, 2.45) is 0 Å². The van der Waals surface area contributed by atoms with Crippen molar-refractivity contribution >= 4 is 38.4 Å². The highest BCUT2D eigenvalue weighted by Crippen LogP contribution is 2.25. The Morgan fingerprint density at radius 1 is 1.30 bits per heavy atom. The number of hydrogen-bond acceptors (Lipinski definition) is 2. The number of benzene rings is 2. The summed E-state index contributed by atoms with van der Waals surface area (Å²) in [4.78, 5) is 12.2. The van der Waals surface area contributed by atoms with Gasteiger partial charge >= 0.3 is 0 Å². The summed E-state index contributed by atoms with van der Waals surface area (Å²) in [6.07, 6.45) is 1.62. The normalized spacial score (nSPS) is 10.5. The smallest absolute Gasteiger partial charge is 0.244 e. The molecule has 0 fully saturated rings. The summed E-state index contributed by atoms with van der Waals surface area (Å²) in [5, 5.41) is 12.5. The second-order valence-electron chi connectivity index (χ2n) is 4.97. The van der Waals surface area contributed by atoms with Gasteiger partial charge in [-0.3, -0.25) is 4.79 Å². The van der Waals surface area contributed by atoms with E-state index in [1.165, 1.54) is 12.1 Å². The van der Waals surface area contributed by atoms with Crippen LogP contribution in [0.15, 0.2) is 53.1 Å². The molecule has 0 bridgehead atoms. The van der Waals surface area contributed by atoms with Crippen LogP contribution in [-0.2, 0) is 11.3 Å². The van der Waals surface area contributed by atoms with E-state index in [4.69, 9.17) is 0 Å². The molecule has 6 heteroatoms. The van der Waals surface area contributed by atoms with E-state index in [0.717, 1.165) is 15.4 Å². The molecule has 0 atom stereocenters. The average molecular weight is 372 g/mol. The number of nitrogens with zero attached hydrogens (tertiary/aromatic N) is 2. The zero-order chi connectivity index (χ0) is 16.4. The van der Waals surface area contributed by atoms with Gasteiger partial charge in [-0.15, -0.1) is 0 Å². The van der Waals surface area contributed by atoms with E-state index in [1.807, 2.05) is 18.2 Å². The van der Waals surface area contributed by atoms with Crippen LogP contribution in [0.25, 0.3) is 10.9 Å². The van der Waals surface area contributed by atoms with E-state index in [1.54, 1.807) is 22.9 Å². The summed E-state index contributed by atoms with van der Waals surface area (Å²) in [6.45, 7) is -0.00581. The second kappa shape index (κ2) is 6.23. The first-order valence-electron chi connectivity index (χ1n) is 6.81. The van der Waals surface area contributed by atoms with E-state index in [9.17, 15) is 14.4 Å². The number of anilines is 1. The van der Waals surface area contributed by atoms with Gasteiger partial charge in [0.25, 0.3) is 0 Å². The van der Waals surface area contributed by atoms with Crippen molar-refractivity contribution in [2.75, 3.05) is 5.32 Å². The number of halogens is 2. The first kappa shape index (κ1) is 15.3. The fourth-order valence-electron chi connectivity index (χ4n) is 2.40. The molecule has 0 aliphatic carbocycles. The number of aromatic nitrogens is 1. The summed E-state index contributed by atoms with van der Waals surface area (Å²) in [7, 11) is 0. The Morgan fingerprint density at radius 3 is 2.83 bits per heavy atom. The van der Waals surface area contributed by atoms with Crippen molar-refractivity contribution in [3.63, 3.8) is 0 Å². The lowest BCUT2D eigenvalue weighted by Gasteiger charge is -2.08. The molecule has 2 aromatic carbocycles. The summed E-state index contributed by atoms with van der Waals surface area (Å²) >= 11 is 3.37. The number of nitriles is 1. The SMILES string of the molecule is N#Cc1cn(CC(=O)Nc2ccccc2F)c2ccc(Br)cc12. The van der Waals surface area contributed by atoms with Crippen LogP contribution < -0.4 is 5.32 Å². The maximum atomic E-state index is 13.6. The monoisotopic (exact) mass is 371 g/mol. The zero-order valence-electron chi connectivity index (χ0n) is 11.9. The van der Waals surface area contributed by atoms with Gasteiger partial charge in [-0.1, -0.05) is 28.1 Å². The van der Waals surface area contributed by atoms with Crippen LogP contribution in [0.2, 0.25) is 0 Å². The average Bonchev–Trinajstić information content (AvgIpc) is 2.86. The number of amides is 1. The molecule has 0 aliphatic heterocycles. The quantitative estimate of drug-likeness (QED) is 0.754. The summed E-state index contributed by atoms with van der Waals surface area (Å²) < 4.78 is 16.1. The molecule has 0 unspecified atom stereocenters. The summed E-state index contributed by atoms with van der Waals surface area (Å²) in [6, 6.07) is 13.6. The summed E-state index contributed by atoms with van der Waals surface area (Å²) in [5.41, 5.74) is 1.39. The molecule has 0 saturated carbocycles. The van der Waals surface area contributed by atoms with Crippen LogP contribution in [0.1, 0.15) is 5.56 Å². The van der Waals surface area contributed by atoms with Gasteiger partial charge in [0.05, 0.1) is 11.3 Å². The molecule has 23 heavy (non-hydrogen) atoms. The molecule has 1 N–H and O–H groups in total. The fourth-order valence-corrected chi connectivity index (χ4v) is 2.76. The van der Waals surface area contributed by atoms with Crippen molar-refractivity contribution in [1.82, 2.24) is 4.57 Å². The van der Waals surface area contributed by atoms with Crippen molar-refractivity contribution in [3.8, 4) is 6.07 Å². The predicted octanol–water partition coefficient (Wildman–Crippen LogP) is 4.05. The lowest BCUT2D eigenvalue weighted by Crippen LogP contribution is -2.18. The van der Waals surface area contributed by atoms with Crippen LogP contribution in [0.4, 0.5) is 10.1 Å². The van der Waals surface area contributed by atoms with E-state index < -0.39 is 5.82 Å². The molecule has 1 amide bonds. The Morgan fingerprint density at radius 2 is 2.09 bits per heavy atom. The van der Waals surface area contributed by atoms with Crippen molar-refractivity contribution in [2.45, 2.75) is 6.54 Å². The number of rotatable bonds is 3. The van der Waals surface area contributed by atoms with Crippen molar-refractivity contribution in [3.05, 3.63) is 64.5 Å². The maximum absolute atomic E-state index is 13.6. The molecule has 1 aromatic heterocycles. The molecule has 1 heterocycles. The zero-order valence-corrected chi connectivity index (χ0v) is 13.5. The van der Waals surface area contributed by atoms with Crippen molar-refractivity contribution < 1.29 is 9.18 Å². The van der Waals surface area contributed by atoms with Gasteiger partial charge in [-0.25, -0.2) is 4.39 Å². The first-order valence-corrected chi connectivity index (χ1v) is 7.60. The number of carbonyl (C=O) groups excluding carboxylic acids is 1. The lowest BCUT2D eigenvalue weighted by molar-refractivity contribution is -0.116. The number of carbonyl (C=O) groups is 1. The lowest BCUT2D eigenvalue weighted by atomic mass is 10.2. The Hall–Kier alpha value is -2.65. The minimum atomic E-state index is -0.486. The third kappa shape index (κ3) is 3.10. The third-order valence-corrected chi connectivity index (χ3v) is 3.92. The number of para-hydroxylation sites is 1. The summed E-state index contributed by atoms with van der Waals surface area (Å²) in [5.74, 6) is -0.848. The highest BCUT2D eigenvalue weighted by Gasteiger charge is 2.12. The van der Waals surface area contributed by atoms with Gasteiger partial charge in [0.2, 0.25) is 5.91 Å². The standard InChI is InChI=1S/C17H11BrFN3O/c18-12-5-6-16-13(7-12)11(8-20)9-22(16)10-17(23)21-15-4-2-1-3-14(15)19/h1-7,9H,10H2,(H,21,23). The molecule has 3 rings (SSSR count). The van der Waals surface area contributed by atoms with Gasteiger partial charge in [0.1, 0.15) is 18.4 Å². The molecule has 0 saturated heterocycles. The molecule has 3 aromatic rings. The first-order chi connectivity index (χ1) is 11.1. The van der Waals surface area contributed by atoms with Gasteiger partial charge in [0.15, 0.2) is 0 Å². The topological polar surface area (TPSA) is 57.8 Å². The third-order valence-electron chi connectivity index (χ3n) is 3.43. The Labute approximate surface area is 140 Å². The number of fused-ring (bicyclic) bond motifs is 1. The Kier molecular flexibility index (Phi) is 4.13. The van der Waals surface area contributed by atoms with E-state index in [-0.39, 0.29) is 18.1 Å². The number of hydrogen-bond donors (Lipinski definition) is 1. The highest BCUT2D eigenvalue weighted by molar-refractivity contribution is 9.10. The van der Waals surface area contributed by atoms with E-state index in [2.05, 4.69) is 27.3 Å². The van der Waals surface area contributed by atoms with Gasteiger partial charge in [-0.2, -0.15) is 5.26 Å². The van der Waals surface area contributed by atoms with Gasteiger partial charge < -0.3 is 9.88 Å². The van der Waals surface area contributed by atoms with Crippen LogP contribution in [0.3, 0.4) is 0 Å². The van der Waals surface area contributed by atoms with E-state index in [0.29, 0.717) is 5.56 Å². The Balaban J connectivity index is 1.89. The van der Waals surface area contributed by atoms with Crippen molar-refractivity contribution in [1.29, 1.82) is 5.26 Å². The molecule has 114 valence electrons. The number of nitrogens with one attached hydrogen (secondary N) is 1. The molecular formula is C17H11BrFN3O.